The van der Waals surface area contributed by atoms with Gasteiger partial charge in [0, 0.05) is 23.9 Å². The number of aryl methyl sites for hydroxylation is 2. The van der Waals surface area contributed by atoms with Crippen LogP contribution in [0.5, 0.6) is 0 Å². The predicted molar refractivity (Wildman–Crippen MR) is 88.5 cm³/mol. The third-order valence-corrected chi connectivity index (χ3v) is 5.01. The zero-order valence-electron chi connectivity index (χ0n) is 13.3. The molecule has 1 aliphatic rings. The number of hydrogen-bond donors (Lipinski definition) is 0. The fourth-order valence-electron chi connectivity index (χ4n) is 2.98. The number of benzene rings is 1. The molecule has 0 saturated carbocycles. The number of methoxy groups -OCH3 is 1. The minimum absolute atomic E-state index is 0.266. The second-order valence-corrected chi connectivity index (χ2v) is 6.68. The van der Waals surface area contributed by atoms with Gasteiger partial charge in [-0.05, 0) is 36.1 Å². The molecule has 0 saturated heterocycles. The van der Waals surface area contributed by atoms with E-state index in [0.717, 1.165) is 34.8 Å². The largest absolute Gasteiger partial charge is 0.465 e. The van der Waals surface area contributed by atoms with Crippen molar-refractivity contribution in [3.63, 3.8) is 0 Å². The number of hydrogen-bond acceptors (Lipinski definition) is 4. The van der Waals surface area contributed by atoms with Crippen LogP contribution in [0.25, 0.3) is 10.9 Å². The Hall–Kier alpha value is -1.83. The van der Waals surface area contributed by atoms with Crippen molar-refractivity contribution in [2.24, 2.45) is 0 Å². The summed E-state index contributed by atoms with van der Waals surface area (Å²) in [6.45, 7) is 1.54. The molecule has 0 fully saturated rings. The fourth-order valence-corrected chi connectivity index (χ4v) is 4.00. The highest BCUT2D eigenvalue weighted by atomic mass is 32.2. The summed E-state index contributed by atoms with van der Waals surface area (Å²) in [4.78, 5) is 12.0. The van der Waals surface area contributed by atoms with Gasteiger partial charge in [0.25, 0.3) is 0 Å². The van der Waals surface area contributed by atoms with E-state index in [0.29, 0.717) is 18.0 Å². The van der Waals surface area contributed by atoms with Gasteiger partial charge in [0.15, 0.2) is 0 Å². The first-order valence-corrected chi connectivity index (χ1v) is 8.49. The number of halogens is 3. The third-order valence-electron chi connectivity index (χ3n) is 4.01. The van der Waals surface area contributed by atoms with Crippen molar-refractivity contribution in [2.75, 3.05) is 23.7 Å². The van der Waals surface area contributed by atoms with Crippen molar-refractivity contribution in [1.29, 1.82) is 0 Å². The minimum Gasteiger partial charge on any atom is -0.465 e. The smallest absolute Gasteiger partial charge is 0.406 e. The van der Waals surface area contributed by atoms with Gasteiger partial charge in [0.2, 0.25) is 0 Å². The van der Waals surface area contributed by atoms with Crippen LogP contribution in [0.1, 0.15) is 22.8 Å². The predicted octanol–water partition coefficient (Wildman–Crippen LogP) is 4.02. The molecule has 0 N–H and O–H groups in total. The van der Waals surface area contributed by atoms with Gasteiger partial charge in [-0.1, -0.05) is 6.92 Å². The number of carbonyl (C=O) groups excluding carboxylic acids is 1. The second kappa shape index (κ2) is 6.23. The van der Waals surface area contributed by atoms with Crippen LogP contribution in [-0.4, -0.2) is 36.1 Å². The molecule has 130 valence electrons. The molecular weight excluding hydrogens is 341 g/mol. The Bertz CT molecular complexity index is 786. The molecule has 0 unspecified atom stereocenters. The number of nitrogens with zero attached hydrogens (tertiary/aromatic N) is 2. The van der Waals surface area contributed by atoms with E-state index in [1.165, 1.54) is 17.5 Å². The lowest BCUT2D eigenvalue weighted by molar-refractivity contribution is -0.117. The summed E-state index contributed by atoms with van der Waals surface area (Å²) < 4.78 is 46.9. The van der Waals surface area contributed by atoms with Crippen LogP contribution in [0, 0.1) is 0 Å². The monoisotopic (exact) mass is 358 g/mol. The van der Waals surface area contributed by atoms with Crippen molar-refractivity contribution < 1.29 is 22.7 Å². The number of anilines is 1. The maximum atomic E-state index is 13.0. The summed E-state index contributed by atoms with van der Waals surface area (Å²) in [7, 11) is 1.26. The van der Waals surface area contributed by atoms with Gasteiger partial charge in [-0.3, -0.25) is 0 Å². The molecular formula is C16H17F3N2O2S. The quantitative estimate of drug-likeness (QED) is 0.613. The summed E-state index contributed by atoms with van der Waals surface area (Å²) in [6, 6.07) is 3.20. The Kier molecular flexibility index (Phi) is 4.42. The summed E-state index contributed by atoms with van der Waals surface area (Å²) in [6.07, 6.45) is -1.62. The van der Waals surface area contributed by atoms with Crippen molar-refractivity contribution in [3.05, 3.63) is 29.5 Å². The summed E-state index contributed by atoms with van der Waals surface area (Å²) >= 11 is 1.13. The molecule has 0 aliphatic carbocycles. The van der Waals surface area contributed by atoms with Gasteiger partial charge in [0.05, 0.1) is 23.9 Å². The van der Waals surface area contributed by atoms with Crippen molar-refractivity contribution in [1.82, 2.24) is 4.57 Å². The third kappa shape index (κ3) is 3.07. The van der Waals surface area contributed by atoms with Crippen LogP contribution < -0.4 is 4.31 Å². The van der Waals surface area contributed by atoms with E-state index in [4.69, 9.17) is 4.74 Å². The first-order valence-electron chi connectivity index (χ1n) is 7.55. The van der Waals surface area contributed by atoms with E-state index < -0.39 is 18.7 Å². The van der Waals surface area contributed by atoms with Crippen molar-refractivity contribution in [3.8, 4) is 0 Å². The average Bonchev–Trinajstić information content (AvgIpc) is 2.80. The van der Waals surface area contributed by atoms with E-state index >= 15 is 0 Å². The summed E-state index contributed by atoms with van der Waals surface area (Å²) in [5, 5.41) is 0.810. The van der Waals surface area contributed by atoms with Crippen LogP contribution in [0.2, 0.25) is 0 Å². The maximum absolute atomic E-state index is 13.0. The zero-order chi connectivity index (χ0) is 17.5. The second-order valence-electron chi connectivity index (χ2n) is 5.57. The van der Waals surface area contributed by atoms with Gasteiger partial charge < -0.3 is 13.6 Å². The molecule has 2 heterocycles. The Morgan fingerprint density at radius 2 is 2.12 bits per heavy atom. The lowest BCUT2D eigenvalue weighted by Crippen LogP contribution is -2.29. The van der Waals surface area contributed by atoms with Gasteiger partial charge in [-0.25, -0.2) is 4.79 Å². The Labute approximate surface area is 141 Å². The van der Waals surface area contributed by atoms with Gasteiger partial charge in [-0.15, -0.1) is 0 Å². The molecule has 8 heteroatoms. The molecule has 4 nitrogen and oxygen atoms in total. The number of aromatic nitrogens is 1. The number of alkyl halides is 3. The van der Waals surface area contributed by atoms with Gasteiger partial charge in [0.1, 0.15) is 6.54 Å². The van der Waals surface area contributed by atoms with Crippen LogP contribution in [0.3, 0.4) is 0 Å². The summed E-state index contributed by atoms with van der Waals surface area (Å²) in [5.74, 6) is -0.0187. The Balaban J connectivity index is 2.24. The molecule has 1 aromatic carbocycles. The van der Waals surface area contributed by atoms with Crippen LogP contribution in [-0.2, 0) is 17.7 Å². The molecule has 1 aromatic heterocycles. The number of rotatable bonds is 3. The summed E-state index contributed by atoms with van der Waals surface area (Å²) in [5.41, 5.74) is 2.43. The minimum atomic E-state index is -4.32. The molecule has 0 bridgehead atoms. The van der Waals surface area contributed by atoms with Crippen LogP contribution >= 0.6 is 11.9 Å². The molecule has 0 spiro atoms. The van der Waals surface area contributed by atoms with E-state index in [-0.39, 0.29) is 5.56 Å². The lowest BCUT2D eigenvalue weighted by atomic mass is 10.1. The maximum Gasteiger partial charge on any atom is 0.406 e. The van der Waals surface area contributed by atoms with Crippen molar-refractivity contribution >= 4 is 34.5 Å². The van der Waals surface area contributed by atoms with Gasteiger partial charge in [-0.2, -0.15) is 13.2 Å². The topological polar surface area (TPSA) is 34.5 Å². The molecule has 0 atom stereocenters. The first kappa shape index (κ1) is 17.0. The number of ether oxygens (including phenoxy) is 1. The SMILES string of the molecule is CCc1cn2c3c(cc(C(=O)OC)cc13)N(CC(F)(F)F)SCC2. The van der Waals surface area contributed by atoms with E-state index in [9.17, 15) is 18.0 Å². The van der Waals surface area contributed by atoms with Crippen molar-refractivity contribution in [2.45, 2.75) is 26.1 Å². The molecule has 3 rings (SSSR count). The van der Waals surface area contributed by atoms with E-state index in [1.807, 2.05) is 17.7 Å². The normalized spacial score (nSPS) is 14.8. The highest BCUT2D eigenvalue weighted by Crippen LogP contribution is 2.39. The molecule has 1 aliphatic heterocycles. The standard InChI is InChI=1S/C16H17F3N2O2S/c1-3-10-8-20-4-5-24-21(9-16(17,18)19)13-7-11(15(22)23-2)6-12(10)14(13)20/h6-8H,3-5,9H2,1-2H3. The zero-order valence-corrected chi connectivity index (χ0v) is 14.1. The molecule has 0 amide bonds. The average molecular weight is 358 g/mol. The van der Waals surface area contributed by atoms with E-state index in [1.54, 1.807) is 6.07 Å². The molecule has 2 aromatic rings. The van der Waals surface area contributed by atoms with Crippen LogP contribution in [0.4, 0.5) is 18.9 Å². The molecule has 0 radical (unpaired) electrons. The highest BCUT2D eigenvalue weighted by Gasteiger charge is 2.34. The van der Waals surface area contributed by atoms with Crippen LogP contribution in [0.15, 0.2) is 18.3 Å². The molecule has 24 heavy (non-hydrogen) atoms. The fraction of sp³-hybridized carbons (Fsp3) is 0.438. The Morgan fingerprint density at radius 1 is 1.38 bits per heavy atom. The van der Waals surface area contributed by atoms with Gasteiger partial charge >= 0.3 is 12.1 Å². The number of carbonyl (C=O) groups is 1. The lowest BCUT2D eigenvalue weighted by Gasteiger charge is -2.24. The first-order chi connectivity index (χ1) is 11.3. The Morgan fingerprint density at radius 3 is 2.75 bits per heavy atom. The highest BCUT2D eigenvalue weighted by molar-refractivity contribution is 8.00. The van der Waals surface area contributed by atoms with E-state index in [2.05, 4.69) is 0 Å². The number of esters is 1.